The largest absolute Gasteiger partial charge is 0.497 e. The number of nitrogens with zero attached hydrogens (tertiary/aromatic N) is 4. The highest BCUT2D eigenvalue weighted by Crippen LogP contribution is 2.48. The fourth-order valence-electron chi connectivity index (χ4n) is 4.50. The topological polar surface area (TPSA) is 79.7 Å². The van der Waals surface area contributed by atoms with Gasteiger partial charge >= 0.3 is 0 Å². The first-order valence-electron chi connectivity index (χ1n) is 12.9. The predicted molar refractivity (Wildman–Crippen MR) is 153 cm³/mol. The van der Waals surface area contributed by atoms with Crippen LogP contribution in [0.2, 0.25) is 0 Å². The van der Waals surface area contributed by atoms with Crippen LogP contribution in [0, 0.1) is 5.82 Å². The van der Waals surface area contributed by atoms with Crippen molar-refractivity contribution in [3.8, 4) is 11.4 Å². The number of rotatable bonds is 8. The molecule has 2 heterocycles. The first kappa shape index (κ1) is 28.6. The minimum absolute atomic E-state index is 0.138. The average molecular weight is 554 g/mol. The van der Waals surface area contributed by atoms with E-state index in [2.05, 4.69) is 26.1 Å². The van der Waals surface area contributed by atoms with E-state index in [0.717, 1.165) is 22.5 Å². The number of carbonyl (C=O) groups is 2. The molecule has 1 aromatic heterocycles. The number of likely N-dealkylation sites (N-methyl/N-ethyl adjacent to an activating group) is 1. The van der Waals surface area contributed by atoms with Crippen molar-refractivity contribution in [1.82, 2.24) is 20.0 Å². The normalized spacial score (nSPS) is 15.7. The van der Waals surface area contributed by atoms with Crippen LogP contribution in [0.5, 0.6) is 5.75 Å². The number of nitrogens with one attached hydrogen (secondary N) is 1. The maximum absolute atomic E-state index is 13.9. The molecule has 1 atom stereocenters. The van der Waals surface area contributed by atoms with E-state index < -0.39 is 0 Å². The molecule has 39 heavy (non-hydrogen) atoms. The standard InChI is InChI=1S/C29H36FN5O3S/c1-29(2,3)27-25-26(19-7-9-20(30)10-8-19)39-18-24(37)34(17-23(36)31-15-16-33(4)5)28(25)35(32-27)21-11-13-22(38-6)14-12-21/h7-14,26H,15-18H2,1-6H3,(H,31,36). The molecule has 0 spiro atoms. The summed E-state index contributed by atoms with van der Waals surface area (Å²) in [4.78, 5) is 30.3. The van der Waals surface area contributed by atoms with Crippen LogP contribution in [-0.4, -0.2) is 73.1 Å². The van der Waals surface area contributed by atoms with Crippen LogP contribution in [0.25, 0.3) is 5.69 Å². The molecule has 1 aliphatic rings. The molecular formula is C29H36FN5O3S. The van der Waals surface area contributed by atoms with Crippen LogP contribution < -0.4 is 15.0 Å². The molecule has 10 heteroatoms. The van der Waals surface area contributed by atoms with Crippen molar-refractivity contribution >= 4 is 29.4 Å². The van der Waals surface area contributed by atoms with Gasteiger partial charge < -0.3 is 15.0 Å². The lowest BCUT2D eigenvalue weighted by Gasteiger charge is -2.24. The second-order valence-corrected chi connectivity index (χ2v) is 11.9. The number of benzene rings is 2. The Bertz CT molecular complexity index is 1320. The first-order valence-corrected chi connectivity index (χ1v) is 13.9. The number of hydrogen-bond acceptors (Lipinski definition) is 6. The van der Waals surface area contributed by atoms with E-state index in [1.165, 1.54) is 23.9 Å². The van der Waals surface area contributed by atoms with Gasteiger partial charge in [0.05, 0.1) is 29.5 Å². The molecule has 8 nitrogen and oxygen atoms in total. The lowest BCUT2D eigenvalue weighted by Crippen LogP contribution is -2.43. The number of thioether (sulfide) groups is 1. The lowest BCUT2D eigenvalue weighted by molar-refractivity contribution is -0.122. The van der Waals surface area contributed by atoms with Gasteiger partial charge in [0.25, 0.3) is 0 Å². The number of methoxy groups -OCH3 is 1. The molecule has 4 rings (SSSR count). The molecule has 0 aliphatic carbocycles. The quantitative estimate of drug-likeness (QED) is 0.451. The van der Waals surface area contributed by atoms with Crippen molar-refractivity contribution in [2.24, 2.45) is 0 Å². The van der Waals surface area contributed by atoms with Crippen molar-refractivity contribution in [3.05, 3.63) is 71.2 Å². The Kier molecular flexibility index (Phi) is 8.66. The van der Waals surface area contributed by atoms with Crippen LogP contribution in [0.3, 0.4) is 0 Å². The van der Waals surface area contributed by atoms with Gasteiger partial charge in [-0.1, -0.05) is 32.9 Å². The molecule has 0 fully saturated rings. The second kappa shape index (κ2) is 11.8. The van der Waals surface area contributed by atoms with Crippen LogP contribution in [0.1, 0.15) is 42.8 Å². The molecule has 0 radical (unpaired) electrons. The number of anilines is 1. The summed E-state index contributed by atoms with van der Waals surface area (Å²) in [6, 6.07) is 13.8. The summed E-state index contributed by atoms with van der Waals surface area (Å²) in [5, 5.41) is 7.70. The zero-order valence-corrected chi connectivity index (χ0v) is 24.1. The van der Waals surface area contributed by atoms with E-state index in [4.69, 9.17) is 9.84 Å². The fourth-order valence-corrected chi connectivity index (χ4v) is 5.69. The van der Waals surface area contributed by atoms with Gasteiger partial charge in [0, 0.05) is 24.1 Å². The minimum atomic E-state index is -0.381. The van der Waals surface area contributed by atoms with Crippen LogP contribution in [-0.2, 0) is 15.0 Å². The third-order valence-electron chi connectivity index (χ3n) is 6.47. The minimum Gasteiger partial charge on any atom is -0.497 e. The molecule has 1 unspecified atom stereocenters. The van der Waals surface area contributed by atoms with Gasteiger partial charge in [-0.25, -0.2) is 9.07 Å². The van der Waals surface area contributed by atoms with Crippen LogP contribution >= 0.6 is 11.8 Å². The Labute approximate surface area is 233 Å². The summed E-state index contributed by atoms with van der Waals surface area (Å²) in [5.74, 6) is 0.645. The number of aromatic nitrogens is 2. The predicted octanol–water partition coefficient (Wildman–Crippen LogP) is 4.16. The highest BCUT2D eigenvalue weighted by atomic mass is 32.2. The summed E-state index contributed by atoms with van der Waals surface area (Å²) in [7, 11) is 5.47. The van der Waals surface area contributed by atoms with Gasteiger partial charge in [-0.15, -0.1) is 11.8 Å². The zero-order chi connectivity index (χ0) is 28.3. The molecule has 2 amide bonds. The van der Waals surface area contributed by atoms with Crippen molar-refractivity contribution in [2.45, 2.75) is 31.4 Å². The Morgan fingerprint density at radius 2 is 1.82 bits per heavy atom. The van der Waals surface area contributed by atoms with E-state index in [0.29, 0.717) is 24.7 Å². The molecule has 0 saturated heterocycles. The fraction of sp³-hybridized carbons (Fsp3) is 0.414. The van der Waals surface area contributed by atoms with Gasteiger partial charge in [-0.3, -0.25) is 14.5 Å². The molecule has 208 valence electrons. The van der Waals surface area contributed by atoms with Gasteiger partial charge in [0.2, 0.25) is 11.8 Å². The Morgan fingerprint density at radius 3 is 2.41 bits per heavy atom. The summed E-state index contributed by atoms with van der Waals surface area (Å²) < 4.78 is 21.0. The summed E-state index contributed by atoms with van der Waals surface area (Å²) >= 11 is 1.47. The summed E-state index contributed by atoms with van der Waals surface area (Å²) in [6.07, 6.45) is 0. The molecule has 0 saturated carbocycles. The first-order chi connectivity index (χ1) is 18.5. The van der Waals surface area contributed by atoms with Crippen LogP contribution in [0.4, 0.5) is 10.2 Å². The maximum Gasteiger partial charge on any atom is 0.240 e. The molecule has 0 bridgehead atoms. The van der Waals surface area contributed by atoms with E-state index in [1.807, 2.05) is 43.3 Å². The van der Waals surface area contributed by atoms with Crippen molar-refractivity contribution in [3.63, 3.8) is 0 Å². The number of amides is 2. The van der Waals surface area contributed by atoms with Gasteiger partial charge in [0.15, 0.2) is 0 Å². The number of carbonyl (C=O) groups excluding carboxylic acids is 2. The van der Waals surface area contributed by atoms with E-state index in [-0.39, 0.29) is 40.6 Å². The summed E-state index contributed by atoms with van der Waals surface area (Å²) in [5.41, 5.74) is 2.88. The van der Waals surface area contributed by atoms with Gasteiger partial charge in [-0.2, -0.15) is 5.10 Å². The SMILES string of the molecule is COc1ccc(-n2nc(C(C)(C)C)c3c2N(CC(=O)NCCN(C)C)C(=O)CSC3c2ccc(F)cc2)cc1. The van der Waals surface area contributed by atoms with Gasteiger partial charge in [-0.05, 0) is 56.1 Å². The van der Waals surface area contributed by atoms with Crippen molar-refractivity contribution in [1.29, 1.82) is 0 Å². The molecule has 2 aromatic carbocycles. The number of fused-ring (bicyclic) bond motifs is 1. The maximum atomic E-state index is 13.9. The summed E-state index contributed by atoms with van der Waals surface area (Å²) in [6.45, 7) is 7.24. The Hall–Kier alpha value is -3.37. The van der Waals surface area contributed by atoms with Crippen LogP contribution in [0.15, 0.2) is 48.5 Å². The zero-order valence-electron chi connectivity index (χ0n) is 23.3. The lowest BCUT2D eigenvalue weighted by atomic mass is 9.87. The highest BCUT2D eigenvalue weighted by molar-refractivity contribution is 8.00. The van der Waals surface area contributed by atoms with E-state index >= 15 is 0 Å². The third-order valence-corrected chi connectivity index (χ3v) is 7.73. The second-order valence-electron chi connectivity index (χ2n) is 10.8. The smallest absolute Gasteiger partial charge is 0.240 e. The van der Waals surface area contributed by atoms with Gasteiger partial charge in [0.1, 0.15) is 23.9 Å². The van der Waals surface area contributed by atoms with E-state index in [1.54, 1.807) is 28.8 Å². The highest BCUT2D eigenvalue weighted by Gasteiger charge is 2.39. The Balaban J connectivity index is 1.91. The number of ether oxygens (including phenoxy) is 1. The van der Waals surface area contributed by atoms with E-state index in [9.17, 15) is 14.0 Å². The van der Waals surface area contributed by atoms with Crippen molar-refractivity contribution in [2.75, 3.05) is 51.5 Å². The molecule has 1 N–H and O–H groups in total. The number of hydrogen-bond donors (Lipinski definition) is 1. The molecule has 3 aromatic rings. The van der Waals surface area contributed by atoms with Crippen molar-refractivity contribution < 1.29 is 18.7 Å². The Morgan fingerprint density at radius 1 is 1.15 bits per heavy atom. The third kappa shape index (κ3) is 6.45. The monoisotopic (exact) mass is 553 g/mol. The molecule has 1 aliphatic heterocycles. The number of halogens is 1. The average Bonchev–Trinajstić information content (AvgIpc) is 3.23. The molecular weight excluding hydrogens is 517 g/mol.